The smallest absolute Gasteiger partial charge is 0.278 e. The summed E-state index contributed by atoms with van der Waals surface area (Å²) in [7, 11) is 0. The van der Waals surface area contributed by atoms with E-state index in [0.29, 0.717) is 0 Å². The van der Waals surface area contributed by atoms with Gasteiger partial charge < -0.3 is 10.8 Å². The van der Waals surface area contributed by atoms with Crippen LogP contribution in [0.3, 0.4) is 0 Å². The average molecular weight is 200 g/mol. The van der Waals surface area contributed by atoms with Gasteiger partial charge in [-0.1, -0.05) is 6.07 Å². The Labute approximate surface area is 79.1 Å². The summed E-state index contributed by atoms with van der Waals surface area (Å²) in [6.45, 7) is -0.262. The maximum atomic E-state index is 13.1. The second kappa shape index (κ2) is 4.12. The highest BCUT2D eigenvalue weighted by Gasteiger charge is 2.23. The van der Waals surface area contributed by atoms with Crippen LogP contribution in [0.5, 0.6) is 0 Å². The molecule has 0 saturated carbocycles. The fourth-order valence-electron chi connectivity index (χ4n) is 1.13. The molecule has 76 valence electrons. The Morgan fingerprint density at radius 3 is 2.79 bits per heavy atom. The third-order valence-corrected chi connectivity index (χ3v) is 1.78. The van der Waals surface area contributed by atoms with Gasteiger partial charge in [-0.25, -0.2) is 4.39 Å². The molecule has 0 aliphatic rings. The van der Waals surface area contributed by atoms with Crippen molar-refractivity contribution < 1.29 is 14.4 Å². The highest BCUT2D eigenvalue weighted by Crippen LogP contribution is 2.26. The van der Waals surface area contributed by atoms with E-state index in [1.54, 1.807) is 0 Å². The molecule has 1 aromatic carbocycles. The fraction of sp³-hybridized carbons (Fsp3) is 0.250. The van der Waals surface area contributed by atoms with Gasteiger partial charge in [-0.05, 0) is 6.07 Å². The number of benzene rings is 1. The van der Waals surface area contributed by atoms with Crippen LogP contribution < -0.4 is 5.73 Å². The van der Waals surface area contributed by atoms with Crippen molar-refractivity contribution in [2.75, 3.05) is 6.54 Å². The Hall–Kier alpha value is -1.53. The molecular weight excluding hydrogens is 191 g/mol. The van der Waals surface area contributed by atoms with Gasteiger partial charge >= 0.3 is 0 Å². The summed E-state index contributed by atoms with van der Waals surface area (Å²) in [6, 6.07) is 3.37. The van der Waals surface area contributed by atoms with E-state index in [1.807, 2.05) is 0 Å². The summed E-state index contributed by atoms with van der Waals surface area (Å²) >= 11 is 0. The number of nitrogens with zero attached hydrogens (tertiary/aromatic N) is 1. The van der Waals surface area contributed by atoms with Crippen LogP contribution in [0.2, 0.25) is 0 Å². The first-order valence-corrected chi connectivity index (χ1v) is 3.89. The summed E-state index contributed by atoms with van der Waals surface area (Å²) in [5.41, 5.74) is 4.29. The summed E-state index contributed by atoms with van der Waals surface area (Å²) in [4.78, 5) is 9.73. The van der Waals surface area contributed by atoms with Crippen LogP contribution in [-0.4, -0.2) is 16.6 Å². The molecule has 0 aliphatic heterocycles. The quantitative estimate of drug-likeness (QED) is 0.555. The van der Waals surface area contributed by atoms with E-state index in [2.05, 4.69) is 0 Å². The van der Waals surface area contributed by atoms with Gasteiger partial charge in [-0.3, -0.25) is 10.1 Å². The van der Waals surface area contributed by atoms with Gasteiger partial charge in [0.2, 0.25) is 0 Å². The van der Waals surface area contributed by atoms with Gasteiger partial charge in [0, 0.05) is 12.6 Å². The highest BCUT2D eigenvalue weighted by atomic mass is 19.1. The van der Waals surface area contributed by atoms with Crippen molar-refractivity contribution in [2.45, 2.75) is 6.10 Å². The highest BCUT2D eigenvalue weighted by molar-refractivity contribution is 5.42. The van der Waals surface area contributed by atoms with Crippen molar-refractivity contribution in [3.63, 3.8) is 0 Å². The van der Waals surface area contributed by atoms with Crippen LogP contribution in [-0.2, 0) is 0 Å². The summed E-state index contributed by atoms with van der Waals surface area (Å²) in [5.74, 6) is -0.822. The Morgan fingerprint density at radius 2 is 2.29 bits per heavy atom. The molecule has 0 bridgehead atoms. The molecule has 0 radical (unpaired) electrons. The molecule has 0 spiro atoms. The van der Waals surface area contributed by atoms with Gasteiger partial charge in [0.15, 0.2) is 0 Å². The summed E-state index contributed by atoms with van der Waals surface area (Å²) in [5, 5.41) is 19.8. The van der Waals surface area contributed by atoms with Crippen molar-refractivity contribution in [3.8, 4) is 0 Å². The van der Waals surface area contributed by atoms with E-state index >= 15 is 0 Å². The molecule has 1 unspecified atom stereocenters. The normalized spacial score (nSPS) is 12.5. The molecule has 1 aromatic rings. The van der Waals surface area contributed by atoms with Gasteiger partial charge in [0.05, 0.1) is 10.5 Å². The molecule has 0 amide bonds. The molecule has 1 rings (SSSR count). The summed E-state index contributed by atoms with van der Waals surface area (Å²) < 4.78 is 13.1. The number of nitro benzene ring substituents is 1. The maximum Gasteiger partial charge on any atom is 0.278 e. The standard InChI is InChI=1S/C8H9FN2O3/c9-5-2-1-3-6(11(13)14)8(5)7(12)4-10/h1-3,7,12H,4,10H2. The van der Waals surface area contributed by atoms with E-state index in [4.69, 9.17) is 5.73 Å². The predicted octanol–water partition coefficient (Wildman–Crippen LogP) is 0.726. The molecule has 0 aliphatic carbocycles. The molecule has 14 heavy (non-hydrogen) atoms. The minimum atomic E-state index is -1.35. The number of hydrogen-bond donors (Lipinski definition) is 2. The molecule has 0 heterocycles. The van der Waals surface area contributed by atoms with E-state index in [1.165, 1.54) is 6.07 Å². The lowest BCUT2D eigenvalue weighted by molar-refractivity contribution is -0.386. The van der Waals surface area contributed by atoms with Gasteiger partial charge in [-0.15, -0.1) is 0 Å². The number of nitrogens with two attached hydrogens (primary N) is 1. The first kappa shape index (κ1) is 10.6. The topological polar surface area (TPSA) is 89.4 Å². The van der Waals surface area contributed by atoms with Crippen LogP contribution >= 0.6 is 0 Å². The Bertz CT molecular complexity index is 356. The molecule has 3 N–H and O–H groups in total. The first-order valence-electron chi connectivity index (χ1n) is 3.89. The lowest BCUT2D eigenvalue weighted by Crippen LogP contribution is -2.14. The number of hydrogen-bond acceptors (Lipinski definition) is 4. The summed E-state index contributed by atoms with van der Waals surface area (Å²) in [6.07, 6.45) is -1.35. The van der Waals surface area contributed by atoms with Crippen molar-refractivity contribution >= 4 is 5.69 Å². The van der Waals surface area contributed by atoms with Crippen LogP contribution in [0.4, 0.5) is 10.1 Å². The number of aliphatic hydroxyl groups excluding tert-OH is 1. The van der Waals surface area contributed by atoms with Crippen LogP contribution in [0, 0.1) is 15.9 Å². The first-order chi connectivity index (χ1) is 6.57. The SMILES string of the molecule is NCC(O)c1c(F)cccc1[N+](=O)[O-]. The minimum absolute atomic E-state index is 0.262. The molecule has 0 fully saturated rings. The van der Waals surface area contributed by atoms with Crippen molar-refractivity contribution in [2.24, 2.45) is 5.73 Å². The van der Waals surface area contributed by atoms with E-state index < -0.39 is 22.5 Å². The van der Waals surface area contributed by atoms with Crippen LogP contribution in [0.25, 0.3) is 0 Å². The minimum Gasteiger partial charge on any atom is -0.387 e. The van der Waals surface area contributed by atoms with E-state index in [-0.39, 0.29) is 12.1 Å². The molecule has 1 atom stereocenters. The zero-order valence-corrected chi connectivity index (χ0v) is 7.18. The second-order valence-corrected chi connectivity index (χ2v) is 2.68. The van der Waals surface area contributed by atoms with Gasteiger partial charge in [0.25, 0.3) is 5.69 Å². The molecule has 0 saturated heterocycles. The van der Waals surface area contributed by atoms with Crippen molar-refractivity contribution in [1.82, 2.24) is 0 Å². The predicted molar refractivity (Wildman–Crippen MR) is 47.1 cm³/mol. The van der Waals surface area contributed by atoms with Crippen LogP contribution in [0.1, 0.15) is 11.7 Å². The average Bonchev–Trinajstić information content (AvgIpc) is 2.16. The van der Waals surface area contributed by atoms with E-state index in [0.717, 1.165) is 12.1 Å². The monoisotopic (exact) mass is 200 g/mol. The maximum absolute atomic E-state index is 13.1. The third kappa shape index (κ3) is 1.86. The van der Waals surface area contributed by atoms with Crippen molar-refractivity contribution in [3.05, 3.63) is 39.7 Å². The largest absolute Gasteiger partial charge is 0.387 e. The van der Waals surface area contributed by atoms with Gasteiger partial charge in [0.1, 0.15) is 11.9 Å². The molecule has 5 nitrogen and oxygen atoms in total. The molecular formula is C8H9FN2O3. The lowest BCUT2D eigenvalue weighted by atomic mass is 10.1. The number of nitro groups is 1. The zero-order chi connectivity index (χ0) is 10.7. The molecule has 0 aromatic heterocycles. The van der Waals surface area contributed by atoms with E-state index in [9.17, 15) is 19.6 Å². The number of halogens is 1. The Kier molecular flexibility index (Phi) is 3.10. The van der Waals surface area contributed by atoms with Crippen molar-refractivity contribution in [1.29, 1.82) is 0 Å². The molecule has 6 heteroatoms. The third-order valence-electron chi connectivity index (χ3n) is 1.78. The van der Waals surface area contributed by atoms with Crippen LogP contribution in [0.15, 0.2) is 18.2 Å². The second-order valence-electron chi connectivity index (χ2n) is 2.68. The lowest BCUT2D eigenvalue weighted by Gasteiger charge is -2.08. The van der Waals surface area contributed by atoms with Gasteiger partial charge in [-0.2, -0.15) is 0 Å². The Balaban J connectivity index is 3.29. The zero-order valence-electron chi connectivity index (χ0n) is 7.18. The Morgan fingerprint density at radius 1 is 1.64 bits per heavy atom. The number of rotatable bonds is 3. The fourth-order valence-corrected chi connectivity index (χ4v) is 1.13. The number of aliphatic hydroxyl groups is 1.